The maximum absolute atomic E-state index is 11.8. The first-order valence-corrected chi connectivity index (χ1v) is 17.0. The molecule has 0 unspecified atom stereocenters. The summed E-state index contributed by atoms with van der Waals surface area (Å²) >= 11 is 0. The van der Waals surface area contributed by atoms with Gasteiger partial charge in [0.25, 0.3) is 0 Å². The quantitative estimate of drug-likeness (QED) is 0.0919. The highest BCUT2D eigenvalue weighted by molar-refractivity contribution is 5.83. The number of anilines is 1. The highest BCUT2D eigenvalue weighted by Crippen LogP contribution is 2.15. The Hall–Kier alpha value is -5.31. The summed E-state index contributed by atoms with van der Waals surface area (Å²) in [7, 11) is 0. The van der Waals surface area contributed by atoms with Crippen molar-refractivity contribution in [2.45, 2.75) is 123 Å². The van der Waals surface area contributed by atoms with Gasteiger partial charge in [-0.05, 0) is 105 Å². The molecule has 1 aromatic rings. The Morgan fingerprint density at radius 3 is 1.60 bits per heavy atom. The Balaban J connectivity index is -0.000000834. The standard InChI is InChI=1S/C18H27N3O5.C15H31N3O3.2CO2/c1-18(2,3)21-13-6-4-12(5-7-13)10-11-19-17(26)20-14(16(24)25)8-9-15(22)23;1-12(8-9-13(19)20)18-14(21)16-10-6-5-7-11-17-15(2,3)4;2*2-1-3/h4-7,14,21H,8-11H2,1-3H3,(H,22,23)(H,24,25)(H2,19,20,26);12,17H,5-11H2,1-4H3,(H,19,20)(H2,16,18,21);;/t14-;12-;;/m01../s1. The van der Waals surface area contributed by atoms with Crippen LogP contribution in [0.25, 0.3) is 0 Å². The van der Waals surface area contributed by atoms with E-state index in [-0.39, 0.29) is 54.7 Å². The molecule has 18 heteroatoms. The van der Waals surface area contributed by atoms with Crippen LogP contribution in [0.3, 0.4) is 0 Å². The fraction of sp³-hybridized carbons (Fsp3) is 0.629. The first-order valence-electron chi connectivity index (χ1n) is 17.0. The van der Waals surface area contributed by atoms with Crippen LogP contribution in [0.2, 0.25) is 0 Å². The topological polar surface area (TPSA) is 286 Å². The summed E-state index contributed by atoms with van der Waals surface area (Å²) < 4.78 is 0. The van der Waals surface area contributed by atoms with Crippen molar-refractivity contribution in [3.63, 3.8) is 0 Å². The molecule has 18 nitrogen and oxygen atoms in total. The molecule has 0 heterocycles. The Kier molecular flexibility index (Phi) is 29.8. The van der Waals surface area contributed by atoms with E-state index in [1.165, 1.54) is 0 Å². The van der Waals surface area contributed by atoms with Crippen LogP contribution in [0.5, 0.6) is 0 Å². The third-order valence-electron chi connectivity index (χ3n) is 6.39. The molecule has 0 spiro atoms. The molecule has 0 saturated carbocycles. The lowest BCUT2D eigenvalue weighted by atomic mass is 10.1. The van der Waals surface area contributed by atoms with Crippen molar-refractivity contribution >= 4 is 48.0 Å². The molecule has 0 bridgehead atoms. The van der Waals surface area contributed by atoms with Crippen molar-refractivity contribution in [2.75, 3.05) is 25.0 Å². The summed E-state index contributed by atoms with van der Waals surface area (Å²) in [4.78, 5) is 87.8. The van der Waals surface area contributed by atoms with Crippen LogP contribution >= 0.6 is 0 Å². The first-order chi connectivity index (χ1) is 24.6. The minimum atomic E-state index is -1.26. The second kappa shape index (κ2) is 30.3. The summed E-state index contributed by atoms with van der Waals surface area (Å²) in [6.07, 6.45) is 4.22. The summed E-state index contributed by atoms with van der Waals surface area (Å²) in [5.74, 6) is -3.21. The molecule has 53 heavy (non-hydrogen) atoms. The number of unbranched alkanes of at least 4 members (excludes halogenated alkanes) is 2. The number of urea groups is 2. The van der Waals surface area contributed by atoms with Gasteiger partial charge < -0.3 is 47.2 Å². The fourth-order valence-electron chi connectivity index (χ4n) is 4.02. The Labute approximate surface area is 310 Å². The van der Waals surface area contributed by atoms with Crippen molar-refractivity contribution < 1.29 is 58.5 Å². The zero-order valence-electron chi connectivity index (χ0n) is 31.8. The number of hydrogen-bond acceptors (Lipinski definition) is 11. The lowest BCUT2D eigenvalue weighted by Gasteiger charge is -2.22. The number of carboxylic acids is 3. The van der Waals surface area contributed by atoms with Crippen molar-refractivity contribution in [3.05, 3.63) is 29.8 Å². The summed E-state index contributed by atoms with van der Waals surface area (Å²) in [6, 6.07) is 5.64. The van der Waals surface area contributed by atoms with Crippen LogP contribution in [0.15, 0.2) is 24.3 Å². The van der Waals surface area contributed by atoms with E-state index in [4.69, 9.17) is 34.5 Å². The number of aliphatic carboxylic acids is 3. The van der Waals surface area contributed by atoms with Gasteiger partial charge in [-0.2, -0.15) is 19.2 Å². The van der Waals surface area contributed by atoms with E-state index in [0.29, 0.717) is 25.9 Å². The number of benzene rings is 1. The van der Waals surface area contributed by atoms with E-state index in [2.05, 4.69) is 73.4 Å². The van der Waals surface area contributed by atoms with Crippen LogP contribution in [-0.2, 0) is 40.0 Å². The van der Waals surface area contributed by atoms with Crippen molar-refractivity contribution in [2.24, 2.45) is 0 Å². The highest BCUT2D eigenvalue weighted by atomic mass is 16.4. The minimum Gasteiger partial charge on any atom is -0.481 e. The number of carbonyl (C=O) groups excluding carboxylic acids is 6. The summed E-state index contributed by atoms with van der Waals surface area (Å²) in [6.45, 7) is 16.4. The second-order valence-electron chi connectivity index (χ2n) is 13.7. The zero-order chi connectivity index (χ0) is 41.5. The van der Waals surface area contributed by atoms with E-state index >= 15 is 0 Å². The molecule has 0 aliphatic carbocycles. The monoisotopic (exact) mass is 754 g/mol. The van der Waals surface area contributed by atoms with Gasteiger partial charge in [0.15, 0.2) is 0 Å². The molecule has 1 rings (SSSR count). The van der Waals surface area contributed by atoms with Gasteiger partial charge in [0.1, 0.15) is 6.04 Å². The van der Waals surface area contributed by atoms with Gasteiger partial charge in [-0.3, -0.25) is 9.59 Å². The van der Waals surface area contributed by atoms with Gasteiger partial charge in [-0.15, -0.1) is 0 Å². The SMILES string of the molecule is CC(C)(C)Nc1ccc(CCNC(=O)N[C@@H](CCC(=O)O)C(=O)O)cc1.C[C@H](CCC(=O)O)NC(=O)NCCCCCNC(C)(C)C.O=C=O.O=C=O. The molecular formula is C35H58N6O12. The molecular weight excluding hydrogens is 696 g/mol. The molecule has 2 atom stereocenters. The molecule has 0 aromatic heterocycles. The van der Waals surface area contributed by atoms with Gasteiger partial charge in [0, 0.05) is 48.7 Å². The maximum Gasteiger partial charge on any atom is 0.373 e. The molecule has 1 aromatic carbocycles. The van der Waals surface area contributed by atoms with Crippen LogP contribution in [0.1, 0.15) is 99.0 Å². The second-order valence-corrected chi connectivity index (χ2v) is 13.7. The Bertz CT molecular complexity index is 1270. The lowest BCUT2D eigenvalue weighted by molar-refractivity contribution is -0.193. The van der Waals surface area contributed by atoms with Gasteiger partial charge >= 0.3 is 42.3 Å². The Morgan fingerprint density at radius 2 is 1.13 bits per heavy atom. The normalized spacial score (nSPS) is 11.3. The van der Waals surface area contributed by atoms with Crippen molar-refractivity contribution in [1.82, 2.24) is 26.6 Å². The summed E-state index contributed by atoms with van der Waals surface area (Å²) in [5.41, 5.74) is 2.17. The number of amides is 4. The maximum atomic E-state index is 11.8. The molecule has 300 valence electrons. The number of carboxylic acid groups (broad SMARTS) is 3. The summed E-state index contributed by atoms with van der Waals surface area (Å²) in [5, 5.41) is 43.3. The third kappa shape index (κ3) is 39.3. The van der Waals surface area contributed by atoms with Gasteiger partial charge in [-0.1, -0.05) is 18.6 Å². The molecule has 0 aliphatic heterocycles. The number of rotatable bonds is 19. The zero-order valence-corrected chi connectivity index (χ0v) is 31.8. The molecule has 0 fully saturated rings. The average Bonchev–Trinajstić information content (AvgIpc) is 3.02. The number of carbonyl (C=O) groups is 5. The predicted molar refractivity (Wildman–Crippen MR) is 193 cm³/mol. The third-order valence-corrected chi connectivity index (χ3v) is 6.39. The van der Waals surface area contributed by atoms with E-state index < -0.39 is 30.0 Å². The van der Waals surface area contributed by atoms with Crippen molar-refractivity contribution in [3.8, 4) is 0 Å². The van der Waals surface area contributed by atoms with Gasteiger partial charge in [0.2, 0.25) is 0 Å². The molecule has 0 aliphatic rings. The predicted octanol–water partition coefficient (Wildman–Crippen LogP) is 2.99. The smallest absolute Gasteiger partial charge is 0.373 e. The van der Waals surface area contributed by atoms with Crippen LogP contribution < -0.4 is 31.9 Å². The van der Waals surface area contributed by atoms with E-state index in [9.17, 15) is 24.0 Å². The lowest BCUT2D eigenvalue weighted by Crippen LogP contribution is -2.46. The largest absolute Gasteiger partial charge is 0.481 e. The van der Waals surface area contributed by atoms with E-state index in [1.807, 2.05) is 24.3 Å². The molecule has 4 amide bonds. The molecule has 0 saturated heterocycles. The highest BCUT2D eigenvalue weighted by Gasteiger charge is 2.20. The average molecular weight is 755 g/mol. The van der Waals surface area contributed by atoms with Gasteiger partial charge in [0.05, 0.1) is 0 Å². The Morgan fingerprint density at radius 1 is 0.660 bits per heavy atom. The van der Waals surface area contributed by atoms with Crippen LogP contribution in [0.4, 0.5) is 15.3 Å². The van der Waals surface area contributed by atoms with Crippen molar-refractivity contribution in [1.29, 1.82) is 0 Å². The minimum absolute atomic E-state index is 0.0253. The van der Waals surface area contributed by atoms with Gasteiger partial charge in [-0.25, -0.2) is 14.4 Å². The van der Waals surface area contributed by atoms with E-state index in [0.717, 1.165) is 37.1 Å². The molecule has 0 radical (unpaired) electrons. The number of hydrogen-bond donors (Lipinski definition) is 9. The van der Waals surface area contributed by atoms with E-state index in [1.54, 1.807) is 6.92 Å². The first kappa shape index (κ1) is 52.1. The fourth-order valence-corrected chi connectivity index (χ4v) is 4.02. The van der Waals surface area contributed by atoms with Crippen LogP contribution in [-0.4, -0.2) is 100 Å². The van der Waals surface area contributed by atoms with Crippen LogP contribution in [0, 0.1) is 0 Å². The molecule has 9 N–H and O–H groups in total. The number of nitrogens with one attached hydrogen (secondary N) is 6.